The molecule has 4 rings (SSSR count). The van der Waals surface area contributed by atoms with Gasteiger partial charge in [0.25, 0.3) is 0 Å². The van der Waals surface area contributed by atoms with Gasteiger partial charge in [-0.15, -0.1) is 0 Å². The van der Waals surface area contributed by atoms with Crippen molar-refractivity contribution in [2.75, 3.05) is 49.5 Å². The van der Waals surface area contributed by atoms with E-state index < -0.39 is 0 Å². The SMILES string of the molecule is CCCN(Cc1c(CC)nn(-c2ccc(F)cc2)c1N1CCN(C(C)C)CC1)C(=O)Nc1ccc(OCC)cc1. The molecule has 1 aliphatic rings. The van der Waals surface area contributed by atoms with Crippen molar-refractivity contribution in [3.05, 3.63) is 65.6 Å². The number of carbonyl (C=O) groups excluding carboxylic acids is 1. The second-order valence-corrected chi connectivity index (χ2v) is 10.4. The fourth-order valence-corrected chi connectivity index (χ4v) is 5.19. The van der Waals surface area contributed by atoms with Crippen LogP contribution < -0.4 is 15.0 Å². The van der Waals surface area contributed by atoms with E-state index in [1.54, 1.807) is 12.1 Å². The van der Waals surface area contributed by atoms with Crippen LogP contribution in [0.1, 0.15) is 52.3 Å². The van der Waals surface area contributed by atoms with Crippen molar-refractivity contribution < 1.29 is 13.9 Å². The molecule has 0 aliphatic carbocycles. The van der Waals surface area contributed by atoms with Crippen molar-refractivity contribution in [3.8, 4) is 11.4 Å². The summed E-state index contributed by atoms with van der Waals surface area (Å²) in [7, 11) is 0. The quantitative estimate of drug-likeness (QED) is 0.320. The van der Waals surface area contributed by atoms with Gasteiger partial charge in [0.2, 0.25) is 0 Å². The van der Waals surface area contributed by atoms with E-state index in [0.29, 0.717) is 25.7 Å². The molecule has 1 aliphatic heterocycles. The first kappa shape index (κ1) is 29.4. The molecule has 3 aromatic rings. The number of hydrogen-bond donors (Lipinski definition) is 1. The zero-order chi connectivity index (χ0) is 28.6. The Morgan fingerprint density at radius 3 is 2.27 bits per heavy atom. The third-order valence-electron chi connectivity index (χ3n) is 7.34. The van der Waals surface area contributed by atoms with E-state index in [-0.39, 0.29) is 11.8 Å². The molecule has 1 fully saturated rings. The third kappa shape index (κ3) is 6.94. The van der Waals surface area contributed by atoms with Gasteiger partial charge in [-0.25, -0.2) is 13.9 Å². The van der Waals surface area contributed by atoms with Crippen molar-refractivity contribution in [1.29, 1.82) is 0 Å². The van der Waals surface area contributed by atoms with Crippen LogP contribution in [0.3, 0.4) is 0 Å². The summed E-state index contributed by atoms with van der Waals surface area (Å²) in [6, 6.07) is 14.2. The van der Waals surface area contributed by atoms with Crippen LogP contribution in [0.2, 0.25) is 0 Å². The highest BCUT2D eigenvalue weighted by Gasteiger charge is 2.29. The Balaban J connectivity index is 1.66. The fourth-order valence-electron chi connectivity index (χ4n) is 5.19. The number of nitrogens with one attached hydrogen (secondary N) is 1. The lowest BCUT2D eigenvalue weighted by molar-refractivity contribution is 0.206. The van der Waals surface area contributed by atoms with Crippen LogP contribution in [0.25, 0.3) is 5.69 Å². The number of anilines is 2. The normalized spacial score (nSPS) is 14.0. The first-order chi connectivity index (χ1) is 19.3. The molecule has 0 saturated carbocycles. The molecule has 0 spiro atoms. The number of rotatable bonds is 11. The first-order valence-corrected chi connectivity index (χ1v) is 14.5. The van der Waals surface area contributed by atoms with Crippen LogP contribution in [-0.4, -0.2) is 71.0 Å². The molecular formula is C31H43FN6O2. The molecule has 2 heterocycles. The van der Waals surface area contributed by atoms with E-state index in [9.17, 15) is 9.18 Å². The van der Waals surface area contributed by atoms with Crippen molar-refractivity contribution in [1.82, 2.24) is 19.6 Å². The Morgan fingerprint density at radius 1 is 1.02 bits per heavy atom. The summed E-state index contributed by atoms with van der Waals surface area (Å²) < 4.78 is 21.3. The number of piperazine rings is 1. The van der Waals surface area contributed by atoms with E-state index in [1.807, 2.05) is 40.8 Å². The number of hydrogen-bond acceptors (Lipinski definition) is 5. The van der Waals surface area contributed by atoms with E-state index in [4.69, 9.17) is 9.84 Å². The summed E-state index contributed by atoms with van der Waals surface area (Å²) in [5.74, 6) is 1.48. The average Bonchev–Trinajstić information content (AvgIpc) is 3.32. The molecule has 9 heteroatoms. The maximum atomic E-state index is 13.8. The Labute approximate surface area is 237 Å². The Hall–Kier alpha value is -3.59. The van der Waals surface area contributed by atoms with E-state index in [1.165, 1.54) is 12.1 Å². The van der Waals surface area contributed by atoms with Gasteiger partial charge in [0.1, 0.15) is 17.4 Å². The molecule has 2 amide bonds. The van der Waals surface area contributed by atoms with Gasteiger partial charge >= 0.3 is 6.03 Å². The molecular weight excluding hydrogens is 507 g/mol. The lowest BCUT2D eigenvalue weighted by atomic mass is 10.1. The standard InChI is InChI=1S/C31H43FN6O2/c1-6-17-37(31(39)33-25-11-15-27(16-12-25)40-8-3)22-28-29(7-2)34-38(26-13-9-24(32)10-14-26)30(28)36-20-18-35(19-21-36)23(4)5/h9-16,23H,6-8,17-22H2,1-5H3,(H,33,39). The Bertz CT molecular complexity index is 1230. The smallest absolute Gasteiger partial charge is 0.322 e. The van der Waals surface area contributed by atoms with Crippen molar-refractivity contribution >= 4 is 17.5 Å². The summed E-state index contributed by atoms with van der Waals surface area (Å²) >= 11 is 0. The number of nitrogens with zero attached hydrogens (tertiary/aromatic N) is 5. The molecule has 0 radical (unpaired) electrons. The monoisotopic (exact) mass is 550 g/mol. The summed E-state index contributed by atoms with van der Waals surface area (Å²) in [5.41, 5.74) is 3.52. The minimum Gasteiger partial charge on any atom is -0.494 e. The maximum Gasteiger partial charge on any atom is 0.322 e. The zero-order valence-corrected chi connectivity index (χ0v) is 24.5. The van der Waals surface area contributed by atoms with Crippen molar-refractivity contribution in [2.45, 2.75) is 60.0 Å². The minimum atomic E-state index is -0.279. The lowest BCUT2D eigenvalue weighted by Gasteiger charge is -2.38. The first-order valence-electron chi connectivity index (χ1n) is 14.5. The predicted molar refractivity (Wildman–Crippen MR) is 159 cm³/mol. The van der Waals surface area contributed by atoms with Gasteiger partial charge in [-0.05, 0) is 82.1 Å². The maximum absolute atomic E-state index is 13.8. The van der Waals surface area contributed by atoms with Crippen LogP contribution in [0.5, 0.6) is 5.75 Å². The third-order valence-corrected chi connectivity index (χ3v) is 7.34. The predicted octanol–water partition coefficient (Wildman–Crippen LogP) is 5.95. The van der Waals surface area contributed by atoms with Crippen molar-refractivity contribution in [2.24, 2.45) is 0 Å². The van der Waals surface area contributed by atoms with Crippen LogP contribution in [0.4, 0.5) is 20.7 Å². The van der Waals surface area contributed by atoms with Gasteiger partial charge in [-0.1, -0.05) is 13.8 Å². The second-order valence-electron chi connectivity index (χ2n) is 10.4. The van der Waals surface area contributed by atoms with E-state index >= 15 is 0 Å². The highest BCUT2D eigenvalue weighted by molar-refractivity contribution is 5.89. The number of amides is 2. The Morgan fingerprint density at radius 2 is 1.70 bits per heavy atom. The lowest BCUT2D eigenvalue weighted by Crippen LogP contribution is -2.49. The number of aromatic nitrogens is 2. The molecule has 8 nitrogen and oxygen atoms in total. The minimum absolute atomic E-state index is 0.154. The highest BCUT2D eigenvalue weighted by atomic mass is 19.1. The second kappa shape index (κ2) is 13.7. The number of benzene rings is 2. The molecule has 2 aromatic carbocycles. The number of halogens is 1. The summed E-state index contributed by atoms with van der Waals surface area (Å²) in [6.45, 7) is 15.8. The topological polar surface area (TPSA) is 65.9 Å². The number of carbonyl (C=O) groups is 1. The van der Waals surface area contributed by atoms with Crippen molar-refractivity contribution in [3.63, 3.8) is 0 Å². The van der Waals surface area contributed by atoms with Gasteiger partial charge in [-0.2, -0.15) is 5.10 Å². The number of aryl methyl sites for hydroxylation is 1. The molecule has 0 unspecified atom stereocenters. The molecule has 0 bridgehead atoms. The molecule has 0 atom stereocenters. The summed E-state index contributed by atoms with van der Waals surface area (Å²) in [6.07, 6.45) is 1.55. The van der Waals surface area contributed by atoms with Gasteiger partial charge in [0.15, 0.2) is 0 Å². The number of urea groups is 1. The Kier molecular flexibility index (Phi) is 10.0. The van der Waals surface area contributed by atoms with Crippen LogP contribution >= 0.6 is 0 Å². The van der Waals surface area contributed by atoms with E-state index in [0.717, 1.165) is 73.2 Å². The van der Waals surface area contributed by atoms with Gasteiger partial charge in [-0.3, -0.25) is 4.90 Å². The summed E-state index contributed by atoms with van der Waals surface area (Å²) in [5, 5.41) is 8.07. The highest BCUT2D eigenvalue weighted by Crippen LogP contribution is 2.31. The van der Waals surface area contributed by atoms with Gasteiger partial charge < -0.3 is 19.9 Å². The average molecular weight is 551 g/mol. The van der Waals surface area contributed by atoms with Crippen LogP contribution in [0, 0.1) is 5.82 Å². The molecule has 1 saturated heterocycles. The summed E-state index contributed by atoms with van der Waals surface area (Å²) in [4.78, 5) is 20.2. The molecule has 1 aromatic heterocycles. The largest absolute Gasteiger partial charge is 0.494 e. The zero-order valence-electron chi connectivity index (χ0n) is 24.5. The number of ether oxygens (including phenoxy) is 1. The molecule has 1 N–H and O–H groups in total. The molecule has 216 valence electrons. The van der Waals surface area contributed by atoms with Crippen LogP contribution in [-0.2, 0) is 13.0 Å². The van der Waals surface area contributed by atoms with Gasteiger partial charge in [0, 0.05) is 50.0 Å². The van der Waals surface area contributed by atoms with Crippen LogP contribution in [0.15, 0.2) is 48.5 Å². The molecule has 40 heavy (non-hydrogen) atoms. The fraction of sp³-hybridized carbons (Fsp3) is 0.484. The van der Waals surface area contributed by atoms with Gasteiger partial charge in [0.05, 0.1) is 24.5 Å². The van der Waals surface area contributed by atoms with E-state index in [2.05, 4.69) is 42.8 Å².